The van der Waals surface area contributed by atoms with Gasteiger partial charge in [-0.25, -0.2) is 8.78 Å². The van der Waals surface area contributed by atoms with Crippen LogP contribution in [0.25, 0.3) is 0 Å². The van der Waals surface area contributed by atoms with Crippen LogP contribution in [0.2, 0.25) is 0 Å². The first kappa shape index (κ1) is 14.1. The van der Waals surface area contributed by atoms with Gasteiger partial charge < -0.3 is 9.47 Å². The summed E-state index contributed by atoms with van der Waals surface area (Å²) in [4.78, 5) is 0. The van der Waals surface area contributed by atoms with Gasteiger partial charge in [0.25, 0.3) is 0 Å². The van der Waals surface area contributed by atoms with E-state index in [-0.39, 0.29) is 11.6 Å². The van der Waals surface area contributed by atoms with Crippen molar-refractivity contribution in [2.24, 2.45) is 0 Å². The molecule has 0 aliphatic heterocycles. The van der Waals surface area contributed by atoms with Crippen LogP contribution < -0.4 is 9.47 Å². The standard InChI is InChI=1S/C18H12F2O2/c19-13-1-5-15(6-2-13)21-17-9-11-18(12-10-17)22-16-7-3-14(20)4-8-16/h1-12H. The molecule has 0 bridgehead atoms. The molecule has 0 amide bonds. The molecular weight excluding hydrogens is 286 g/mol. The highest BCUT2D eigenvalue weighted by atomic mass is 19.1. The van der Waals surface area contributed by atoms with Crippen LogP contribution in [-0.4, -0.2) is 0 Å². The van der Waals surface area contributed by atoms with Gasteiger partial charge in [-0.05, 0) is 72.8 Å². The first-order chi connectivity index (χ1) is 10.7. The smallest absolute Gasteiger partial charge is 0.127 e. The predicted octanol–water partition coefficient (Wildman–Crippen LogP) is 5.55. The summed E-state index contributed by atoms with van der Waals surface area (Å²) >= 11 is 0. The van der Waals surface area contributed by atoms with Crippen LogP contribution in [0.3, 0.4) is 0 Å². The van der Waals surface area contributed by atoms with E-state index >= 15 is 0 Å². The maximum absolute atomic E-state index is 12.8. The van der Waals surface area contributed by atoms with Crippen molar-refractivity contribution in [1.29, 1.82) is 0 Å². The van der Waals surface area contributed by atoms with Crippen molar-refractivity contribution in [2.75, 3.05) is 0 Å². The second-order valence-electron chi connectivity index (χ2n) is 4.58. The molecule has 0 heterocycles. The molecule has 0 aliphatic rings. The molecule has 0 unspecified atom stereocenters. The number of hydrogen-bond acceptors (Lipinski definition) is 2. The van der Waals surface area contributed by atoms with Crippen LogP contribution in [-0.2, 0) is 0 Å². The molecule has 22 heavy (non-hydrogen) atoms. The maximum atomic E-state index is 12.8. The molecule has 0 fully saturated rings. The Balaban J connectivity index is 1.67. The van der Waals surface area contributed by atoms with Gasteiger partial charge in [0.05, 0.1) is 0 Å². The highest BCUT2D eigenvalue weighted by molar-refractivity contribution is 5.37. The molecule has 110 valence electrons. The minimum atomic E-state index is -0.310. The Bertz CT molecular complexity index is 669. The highest BCUT2D eigenvalue weighted by Gasteiger charge is 2.01. The Morgan fingerprint density at radius 2 is 0.636 bits per heavy atom. The summed E-state index contributed by atoms with van der Waals surface area (Å²) in [5.41, 5.74) is 0. The van der Waals surface area contributed by atoms with Gasteiger partial charge in [-0.15, -0.1) is 0 Å². The van der Waals surface area contributed by atoms with Crippen molar-refractivity contribution < 1.29 is 18.3 Å². The normalized spacial score (nSPS) is 10.3. The molecule has 3 rings (SSSR count). The van der Waals surface area contributed by atoms with Crippen LogP contribution in [0.1, 0.15) is 0 Å². The quantitative estimate of drug-likeness (QED) is 0.628. The third-order valence-corrected chi connectivity index (χ3v) is 2.92. The lowest BCUT2D eigenvalue weighted by Crippen LogP contribution is -1.87. The van der Waals surface area contributed by atoms with Crippen molar-refractivity contribution >= 4 is 0 Å². The number of rotatable bonds is 4. The topological polar surface area (TPSA) is 18.5 Å². The van der Waals surface area contributed by atoms with Crippen molar-refractivity contribution in [1.82, 2.24) is 0 Å². The van der Waals surface area contributed by atoms with Crippen molar-refractivity contribution in [3.05, 3.63) is 84.4 Å². The summed E-state index contributed by atoms with van der Waals surface area (Å²) in [6.45, 7) is 0. The Labute approximate surface area is 126 Å². The molecule has 0 aliphatic carbocycles. The Hall–Kier alpha value is -2.88. The molecule has 0 saturated carbocycles. The van der Waals surface area contributed by atoms with E-state index in [1.54, 1.807) is 48.5 Å². The molecule has 0 atom stereocenters. The summed E-state index contributed by atoms with van der Waals surface area (Å²) in [5.74, 6) is 1.70. The molecular formula is C18H12F2O2. The summed E-state index contributed by atoms with van der Waals surface area (Å²) in [6, 6.07) is 18.5. The molecule has 4 heteroatoms. The van der Waals surface area contributed by atoms with E-state index in [0.717, 1.165) is 0 Å². The van der Waals surface area contributed by atoms with Gasteiger partial charge in [-0.3, -0.25) is 0 Å². The first-order valence-electron chi connectivity index (χ1n) is 6.66. The van der Waals surface area contributed by atoms with Gasteiger partial charge in [-0.1, -0.05) is 0 Å². The molecule has 0 radical (unpaired) electrons. The molecule has 3 aromatic rings. The molecule has 0 saturated heterocycles. The zero-order chi connectivity index (χ0) is 15.4. The predicted molar refractivity (Wildman–Crippen MR) is 79.4 cm³/mol. The van der Waals surface area contributed by atoms with E-state index in [1.807, 2.05) is 0 Å². The number of halogens is 2. The molecule has 2 nitrogen and oxygen atoms in total. The molecule has 0 spiro atoms. The summed E-state index contributed by atoms with van der Waals surface area (Å²) in [7, 11) is 0. The highest BCUT2D eigenvalue weighted by Crippen LogP contribution is 2.26. The van der Waals surface area contributed by atoms with E-state index in [2.05, 4.69) is 0 Å². The van der Waals surface area contributed by atoms with E-state index in [1.165, 1.54) is 24.3 Å². The average molecular weight is 298 g/mol. The maximum Gasteiger partial charge on any atom is 0.127 e. The molecule has 0 aromatic heterocycles. The summed E-state index contributed by atoms with van der Waals surface area (Å²) in [6.07, 6.45) is 0. The van der Waals surface area contributed by atoms with E-state index < -0.39 is 0 Å². The van der Waals surface area contributed by atoms with Crippen LogP contribution in [0.4, 0.5) is 8.78 Å². The summed E-state index contributed by atoms with van der Waals surface area (Å²) in [5, 5.41) is 0. The van der Waals surface area contributed by atoms with Gasteiger partial charge in [0, 0.05) is 0 Å². The molecule has 3 aromatic carbocycles. The fourth-order valence-electron chi connectivity index (χ4n) is 1.85. The fourth-order valence-corrected chi connectivity index (χ4v) is 1.85. The third kappa shape index (κ3) is 3.61. The Morgan fingerprint density at radius 3 is 0.909 bits per heavy atom. The van der Waals surface area contributed by atoms with E-state index in [4.69, 9.17) is 9.47 Å². The number of ether oxygens (including phenoxy) is 2. The average Bonchev–Trinajstić information content (AvgIpc) is 2.54. The van der Waals surface area contributed by atoms with E-state index in [9.17, 15) is 8.78 Å². The lowest BCUT2D eigenvalue weighted by Gasteiger charge is -2.08. The van der Waals surface area contributed by atoms with Crippen LogP contribution >= 0.6 is 0 Å². The second-order valence-corrected chi connectivity index (χ2v) is 4.58. The summed E-state index contributed by atoms with van der Waals surface area (Å²) < 4.78 is 36.8. The van der Waals surface area contributed by atoms with Crippen molar-refractivity contribution in [3.63, 3.8) is 0 Å². The number of benzene rings is 3. The van der Waals surface area contributed by atoms with Gasteiger partial charge in [-0.2, -0.15) is 0 Å². The largest absolute Gasteiger partial charge is 0.457 e. The van der Waals surface area contributed by atoms with Crippen molar-refractivity contribution in [3.8, 4) is 23.0 Å². The minimum absolute atomic E-state index is 0.310. The van der Waals surface area contributed by atoms with Crippen molar-refractivity contribution in [2.45, 2.75) is 0 Å². The fraction of sp³-hybridized carbons (Fsp3) is 0. The van der Waals surface area contributed by atoms with Gasteiger partial charge in [0.15, 0.2) is 0 Å². The SMILES string of the molecule is Fc1ccc(Oc2ccc(Oc3ccc(F)cc3)cc2)cc1. The second kappa shape index (κ2) is 6.26. The number of hydrogen-bond donors (Lipinski definition) is 0. The zero-order valence-electron chi connectivity index (χ0n) is 11.5. The molecule has 0 N–H and O–H groups in total. The Kier molecular flexibility index (Phi) is 4.01. The lowest BCUT2D eigenvalue weighted by atomic mass is 10.3. The van der Waals surface area contributed by atoms with Crippen LogP contribution in [0, 0.1) is 11.6 Å². The minimum Gasteiger partial charge on any atom is -0.457 e. The van der Waals surface area contributed by atoms with Crippen LogP contribution in [0.5, 0.6) is 23.0 Å². The monoisotopic (exact) mass is 298 g/mol. The zero-order valence-corrected chi connectivity index (χ0v) is 11.5. The van der Waals surface area contributed by atoms with Gasteiger partial charge in [0.1, 0.15) is 34.6 Å². The lowest BCUT2D eigenvalue weighted by molar-refractivity contribution is 0.467. The van der Waals surface area contributed by atoms with Gasteiger partial charge in [0.2, 0.25) is 0 Å². The van der Waals surface area contributed by atoms with E-state index in [0.29, 0.717) is 23.0 Å². The van der Waals surface area contributed by atoms with Gasteiger partial charge >= 0.3 is 0 Å². The Morgan fingerprint density at radius 1 is 0.409 bits per heavy atom. The first-order valence-corrected chi connectivity index (χ1v) is 6.66. The van der Waals surface area contributed by atoms with Crippen LogP contribution in [0.15, 0.2) is 72.8 Å². The third-order valence-electron chi connectivity index (χ3n) is 2.92.